The van der Waals surface area contributed by atoms with Crippen molar-refractivity contribution in [2.75, 3.05) is 5.73 Å². The van der Waals surface area contributed by atoms with Crippen LogP contribution < -0.4 is 11.1 Å². The minimum Gasteiger partial charge on any atom is -0.382 e. The highest BCUT2D eigenvalue weighted by atomic mass is 19.2. The first kappa shape index (κ1) is 14.8. The van der Waals surface area contributed by atoms with Gasteiger partial charge in [-0.05, 0) is 5.56 Å². The maximum absolute atomic E-state index is 13.3. The van der Waals surface area contributed by atoms with Crippen molar-refractivity contribution in [3.8, 4) is 0 Å². The molecule has 1 heterocycles. The van der Waals surface area contributed by atoms with Crippen LogP contribution in [0.1, 0.15) is 16.1 Å². The molecule has 1 amide bonds. The third-order valence-electron chi connectivity index (χ3n) is 3.24. The van der Waals surface area contributed by atoms with E-state index in [1.807, 2.05) is 30.3 Å². The lowest BCUT2D eigenvalue weighted by Gasteiger charge is -2.08. The minimum absolute atomic E-state index is 0.0583. The summed E-state index contributed by atoms with van der Waals surface area (Å²) in [5, 5.41) is 2.66. The highest BCUT2D eigenvalue weighted by Crippen LogP contribution is 2.18. The van der Waals surface area contributed by atoms with Crippen molar-refractivity contribution in [1.82, 2.24) is 15.3 Å². The van der Waals surface area contributed by atoms with E-state index in [2.05, 4.69) is 15.3 Å². The van der Waals surface area contributed by atoms with E-state index in [1.165, 1.54) is 0 Å². The van der Waals surface area contributed by atoms with E-state index in [9.17, 15) is 13.6 Å². The Hall–Kier alpha value is -3.09. The lowest BCUT2D eigenvalue weighted by Crippen LogP contribution is -2.25. The van der Waals surface area contributed by atoms with Crippen LogP contribution in [0.5, 0.6) is 0 Å². The maximum atomic E-state index is 13.3. The van der Waals surface area contributed by atoms with Crippen molar-refractivity contribution in [2.45, 2.75) is 6.54 Å². The summed E-state index contributed by atoms with van der Waals surface area (Å²) < 4.78 is 26.5. The van der Waals surface area contributed by atoms with Crippen LogP contribution in [0.2, 0.25) is 0 Å². The van der Waals surface area contributed by atoms with Crippen LogP contribution in [0.4, 0.5) is 14.6 Å². The number of nitrogen functional groups attached to an aromatic ring is 1. The number of fused-ring (bicyclic) bond motifs is 1. The number of aromatic nitrogens is 2. The molecule has 0 aliphatic heterocycles. The van der Waals surface area contributed by atoms with Crippen LogP contribution in [0.3, 0.4) is 0 Å². The molecule has 23 heavy (non-hydrogen) atoms. The molecule has 3 N–H and O–H groups in total. The molecule has 0 atom stereocenters. The van der Waals surface area contributed by atoms with Crippen LogP contribution in [-0.2, 0) is 6.54 Å². The number of hydrogen-bond donors (Lipinski definition) is 2. The van der Waals surface area contributed by atoms with Gasteiger partial charge in [-0.3, -0.25) is 4.79 Å². The number of benzene rings is 2. The highest BCUT2D eigenvalue weighted by Gasteiger charge is 2.16. The SMILES string of the molecule is Nc1nc2cc(F)c(F)cc2nc1C(=O)NCc1ccccc1. The number of carbonyl (C=O) groups is 1. The van der Waals surface area contributed by atoms with Crippen molar-refractivity contribution in [3.05, 3.63) is 65.4 Å². The summed E-state index contributed by atoms with van der Waals surface area (Å²) >= 11 is 0. The Morgan fingerprint density at radius 3 is 2.30 bits per heavy atom. The molecule has 0 unspecified atom stereocenters. The molecular formula is C16H12F2N4O. The Labute approximate surface area is 130 Å². The standard InChI is InChI=1S/C16H12F2N4O/c17-10-6-12-13(7-11(10)18)22-15(19)14(21-12)16(23)20-8-9-4-2-1-3-5-9/h1-7H,8H2,(H2,19,22)(H,20,23). The molecular weight excluding hydrogens is 302 g/mol. The van der Waals surface area contributed by atoms with Gasteiger partial charge in [-0.2, -0.15) is 0 Å². The predicted octanol–water partition coefficient (Wildman–Crippen LogP) is 2.42. The molecule has 0 spiro atoms. The minimum atomic E-state index is -1.06. The maximum Gasteiger partial charge on any atom is 0.274 e. The fraction of sp³-hybridized carbons (Fsp3) is 0.0625. The van der Waals surface area contributed by atoms with Gasteiger partial charge in [0.25, 0.3) is 5.91 Å². The normalized spacial score (nSPS) is 10.7. The summed E-state index contributed by atoms with van der Waals surface area (Å²) in [7, 11) is 0. The molecule has 0 saturated carbocycles. The Morgan fingerprint density at radius 2 is 1.65 bits per heavy atom. The molecule has 0 saturated heterocycles. The second-order valence-electron chi connectivity index (χ2n) is 4.88. The van der Waals surface area contributed by atoms with E-state index < -0.39 is 17.5 Å². The van der Waals surface area contributed by atoms with E-state index in [0.29, 0.717) is 0 Å². The average molecular weight is 314 g/mol. The Morgan fingerprint density at radius 1 is 1.04 bits per heavy atom. The molecule has 0 aliphatic carbocycles. The van der Waals surface area contributed by atoms with Gasteiger partial charge in [0.1, 0.15) is 0 Å². The molecule has 116 valence electrons. The predicted molar refractivity (Wildman–Crippen MR) is 81.5 cm³/mol. The van der Waals surface area contributed by atoms with Crippen molar-refractivity contribution >= 4 is 22.8 Å². The summed E-state index contributed by atoms with van der Waals surface area (Å²) in [6, 6.07) is 11.0. The van der Waals surface area contributed by atoms with Gasteiger partial charge in [0.15, 0.2) is 23.1 Å². The van der Waals surface area contributed by atoms with Crippen molar-refractivity contribution in [1.29, 1.82) is 0 Å². The van der Waals surface area contributed by atoms with Gasteiger partial charge in [-0.1, -0.05) is 30.3 Å². The zero-order valence-electron chi connectivity index (χ0n) is 11.9. The summed E-state index contributed by atoms with van der Waals surface area (Å²) in [6.45, 7) is 0.288. The Balaban J connectivity index is 1.88. The number of nitrogens with two attached hydrogens (primary N) is 1. The van der Waals surface area contributed by atoms with Gasteiger partial charge in [0.05, 0.1) is 11.0 Å². The van der Waals surface area contributed by atoms with Crippen molar-refractivity contribution < 1.29 is 13.6 Å². The molecule has 0 radical (unpaired) electrons. The molecule has 0 fully saturated rings. The molecule has 3 rings (SSSR count). The number of rotatable bonds is 3. The molecule has 7 heteroatoms. The topological polar surface area (TPSA) is 80.9 Å². The molecule has 1 aromatic heterocycles. The van der Waals surface area contributed by atoms with Crippen LogP contribution in [0, 0.1) is 11.6 Å². The number of hydrogen-bond acceptors (Lipinski definition) is 4. The van der Waals surface area contributed by atoms with Gasteiger partial charge >= 0.3 is 0 Å². The summed E-state index contributed by atoms with van der Waals surface area (Å²) in [5.74, 6) is -2.79. The first-order valence-corrected chi connectivity index (χ1v) is 6.79. The third kappa shape index (κ3) is 3.08. The highest BCUT2D eigenvalue weighted by molar-refractivity contribution is 5.98. The molecule has 0 aliphatic rings. The van der Waals surface area contributed by atoms with Gasteiger partial charge in [0, 0.05) is 18.7 Å². The molecule has 5 nitrogen and oxygen atoms in total. The van der Waals surface area contributed by atoms with Crippen LogP contribution in [-0.4, -0.2) is 15.9 Å². The van der Waals surface area contributed by atoms with Crippen LogP contribution >= 0.6 is 0 Å². The van der Waals surface area contributed by atoms with Gasteiger partial charge in [0.2, 0.25) is 0 Å². The Kier molecular flexibility index (Phi) is 3.84. The van der Waals surface area contributed by atoms with E-state index in [4.69, 9.17) is 5.73 Å². The number of carbonyl (C=O) groups excluding carboxylic acids is 1. The van der Waals surface area contributed by atoms with Crippen LogP contribution in [0.15, 0.2) is 42.5 Å². The van der Waals surface area contributed by atoms with E-state index in [1.54, 1.807) is 0 Å². The zero-order chi connectivity index (χ0) is 16.4. The number of anilines is 1. The largest absolute Gasteiger partial charge is 0.382 e. The third-order valence-corrected chi connectivity index (χ3v) is 3.24. The fourth-order valence-electron chi connectivity index (χ4n) is 2.09. The van der Waals surface area contributed by atoms with E-state index >= 15 is 0 Å². The summed E-state index contributed by atoms with van der Waals surface area (Å²) in [4.78, 5) is 20.1. The van der Waals surface area contributed by atoms with E-state index in [-0.39, 0.29) is 29.1 Å². The monoisotopic (exact) mass is 314 g/mol. The lowest BCUT2D eigenvalue weighted by atomic mass is 10.2. The van der Waals surface area contributed by atoms with Crippen LogP contribution in [0.25, 0.3) is 11.0 Å². The Bertz CT molecular complexity index is 884. The smallest absolute Gasteiger partial charge is 0.274 e. The second-order valence-corrected chi connectivity index (χ2v) is 4.88. The molecule has 3 aromatic rings. The number of nitrogens with zero attached hydrogens (tertiary/aromatic N) is 2. The van der Waals surface area contributed by atoms with Crippen molar-refractivity contribution in [2.24, 2.45) is 0 Å². The number of nitrogens with one attached hydrogen (secondary N) is 1. The van der Waals surface area contributed by atoms with Gasteiger partial charge < -0.3 is 11.1 Å². The summed E-state index contributed by atoms with van der Waals surface area (Å²) in [6.07, 6.45) is 0. The first-order chi connectivity index (χ1) is 11.0. The zero-order valence-corrected chi connectivity index (χ0v) is 11.9. The fourth-order valence-corrected chi connectivity index (χ4v) is 2.09. The number of amides is 1. The first-order valence-electron chi connectivity index (χ1n) is 6.79. The molecule has 2 aromatic carbocycles. The number of halogens is 2. The summed E-state index contributed by atoms with van der Waals surface area (Å²) in [5.41, 5.74) is 6.62. The van der Waals surface area contributed by atoms with E-state index in [0.717, 1.165) is 17.7 Å². The quantitative estimate of drug-likeness (QED) is 0.778. The average Bonchev–Trinajstić information content (AvgIpc) is 2.55. The lowest BCUT2D eigenvalue weighted by molar-refractivity contribution is 0.0947. The van der Waals surface area contributed by atoms with Crippen molar-refractivity contribution in [3.63, 3.8) is 0 Å². The van der Waals surface area contributed by atoms with Gasteiger partial charge in [-0.25, -0.2) is 18.7 Å². The second kappa shape index (κ2) is 5.96. The molecule has 0 bridgehead atoms. The van der Waals surface area contributed by atoms with Gasteiger partial charge in [-0.15, -0.1) is 0 Å².